The van der Waals surface area contributed by atoms with Gasteiger partial charge in [-0.2, -0.15) is 14.6 Å². The summed E-state index contributed by atoms with van der Waals surface area (Å²) in [5, 5.41) is 4.33. The molecule has 1 aliphatic heterocycles. The lowest BCUT2D eigenvalue weighted by Gasteiger charge is -2.28. The van der Waals surface area contributed by atoms with Gasteiger partial charge in [-0.1, -0.05) is 13.3 Å². The molecule has 1 aliphatic rings. The van der Waals surface area contributed by atoms with Gasteiger partial charge in [-0.3, -0.25) is 0 Å². The van der Waals surface area contributed by atoms with E-state index in [1.54, 1.807) is 6.33 Å². The topological polar surface area (TPSA) is 64.1 Å². The van der Waals surface area contributed by atoms with Crippen LogP contribution in [0.2, 0.25) is 0 Å². The molecule has 0 saturated carbocycles. The van der Waals surface area contributed by atoms with Gasteiger partial charge in [0.05, 0.1) is 18.6 Å². The molecule has 0 amide bonds. The molecule has 22 heavy (non-hydrogen) atoms. The molecule has 0 N–H and O–H groups in total. The maximum absolute atomic E-state index is 4.57. The molecule has 0 aliphatic carbocycles. The number of aromatic nitrogens is 6. The van der Waals surface area contributed by atoms with Crippen molar-refractivity contribution in [2.24, 2.45) is 7.05 Å². The second-order valence-corrected chi connectivity index (χ2v) is 5.75. The van der Waals surface area contributed by atoms with Crippen molar-refractivity contribution >= 4 is 11.6 Å². The Morgan fingerprint density at radius 3 is 3.05 bits per heavy atom. The van der Waals surface area contributed by atoms with E-state index in [-0.39, 0.29) is 0 Å². The van der Waals surface area contributed by atoms with Crippen LogP contribution in [0.1, 0.15) is 30.4 Å². The second-order valence-electron chi connectivity index (χ2n) is 5.75. The lowest BCUT2D eigenvalue weighted by Crippen LogP contribution is -2.32. The highest BCUT2D eigenvalue weighted by Gasteiger charge is 2.22. The summed E-state index contributed by atoms with van der Waals surface area (Å²) in [7, 11) is 2.06. The summed E-state index contributed by atoms with van der Waals surface area (Å²) in [5.74, 6) is 1.73. The van der Waals surface area contributed by atoms with E-state index in [4.69, 9.17) is 0 Å². The number of aryl methyl sites for hydroxylation is 2. The third-order valence-corrected chi connectivity index (χ3v) is 4.22. The van der Waals surface area contributed by atoms with E-state index in [1.165, 1.54) is 5.69 Å². The van der Waals surface area contributed by atoms with Gasteiger partial charge in [-0.15, -0.1) is 0 Å². The molecule has 3 aromatic rings. The van der Waals surface area contributed by atoms with E-state index >= 15 is 0 Å². The van der Waals surface area contributed by atoms with Crippen LogP contribution in [0.3, 0.4) is 0 Å². The second kappa shape index (κ2) is 5.08. The van der Waals surface area contributed by atoms with E-state index in [2.05, 4.69) is 49.6 Å². The molecule has 0 atom stereocenters. The van der Waals surface area contributed by atoms with Gasteiger partial charge in [0.15, 0.2) is 0 Å². The van der Waals surface area contributed by atoms with E-state index in [1.807, 2.05) is 10.8 Å². The third-order valence-electron chi connectivity index (χ3n) is 4.22. The number of anilines is 1. The van der Waals surface area contributed by atoms with Crippen LogP contribution in [0.25, 0.3) is 5.78 Å². The van der Waals surface area contributed by atoms with Crippen molar-refractivity contribution < 1.29 is 0 Å². The monoisotopic (exact) mass is 297 g/mol. The van der Waals surface area contributed by atoms with E-state index in [0.717, 1.165) is 49.6 Å². The average Bonchev–Trinajstić information content (AvgIpc) is 3.13. The Bertz CT molecular complexity index is 817. The van der Waals surface area contributed by atoms with Crippen LogP contribution in [0.4, 0.5) is 5.82 Å². The number of imidazole rings is 1. The summed E-state index contributed by atoms with van der Waals surface area (Å²) in [6.07, 6.45) is 6.49. The molecule has 0 fully saturated rings. The van der Waals surface area contributed by atoms with Gasteiger partial charge >= 0.3 is 0 Å². The van der Waals surface area contributed by atoms with Crippen molar-refractivity contribution in [3.63, 3.8) is 0 Å². The molecule has 7 heteroatoms. The quantitative estimate of drug-likeness (QED) is 0.730. The van der Waals surface area contributed by atoms with E-state index < -0.39 is 0 Å². The minimum absolute atomic E-state index is 0.674. The summed E-state index contributed by atoms with van der Waals surface area (Å²) < 4.78 is 3.94. The van der Waals surface area contributed by atoms with Gasteiger partial charge in [0, 0.05) is 37.5 Å². The van der Waals surface area contributed by atoms with Crippen LogP contribution in [-0.4, -0.2) is 35.7 Å². The van der Waals surface area contributed by atoms with Crippen molar-refractivity contribution in [1.29, 1.82) is 0 Å². The van der Waals surface area contributed by atoms with E-state index in [0.29, 0.717) is 5.78 Å². The van der Waals surface area contributed by atoms with Crippen molar-refractivity contribution in [1.82, 2.24) is 29.1 Å². The predicted octanol–water partition coefficient (Wildman–Crippen LogP) is 1.37. The van der Waals surface area contributed by atoms with Crippen LogP contribution in [0.5, 0.6) is 0 Å². The molecule has 0 unspecified atom stereocenters. The van der Waals surface area contributed by atoms with Gasteiger partial charge in [0.2, 0.25) is 0 Å². The molecule has 4 heterocycles. The summed E-state index contributed by atoms with van der Waals surface area (Å²) in [5.41, 5.74) is 3.55. The van der Waals surface area contributed by atoms with Crippen molar-refractivity contribution in [3.05, 3.63) is 35.8 Å². The van der Waals surface area contributed by atoms with Gasteiger partial charge in [0.1, 0.15) is 12.1 Å². The number of nitrogens with zero attached hydrogens (tertiary/aromatic N) is 7. The molecule has 3 aromatic heterocycles. The molecule has 0 radical (unpaired) electrons. The predicted molar refractivity (Wildman–Crippen MR) is 82.7 cm³/mol. The SMILES string of the molecule is CCCc1cc(N2CCc3c(ncn3C)C2)n2ncnc2n1. The molecule has 4 rings (SSSR count). The summed E-state index contributed by atoms with van der Waals surface area (Å²) in [6.45, 7) is 3.92. The number of rotatable bonds is 3. The summed E-state index contributed by atoms with van der Waals surface area (Å²) in [4.78, 5) is 15.7. The minimum Gasteiger partial charge on any atom is -0.350 e. The smallest absolute Gasteiger partial charge is 0.254 e. The third kappa shape index (κ3) is 2.04. The maximum Gasteiger partial charge on any atom is 0.254 e. The first-order chi connectivity index (χ1) is 10.8. The zero-order valence-electron chi connectivity index (χ0n) is 12.9. The van der Waals surface area contributed by atoms with Gasteiger partial charge in [0.25, 0.3) is 5.78 Å². The van der Waals surface area contributed by atoms with Crippen LogP contribution in [-0.2, 0) is 26.4 Å². The molecule has 0 aromatic carbocycles. The van der Waals surface area contributed by atoms with Gasteiger partial charge in [-0.25, -0.2) is 9.97 Å². The van der Waals surface area contributed by atoms with Crippen molar-refractivity contribution in [2.75, 3.05) is 11.4 Å². The van der Waals surface area contributed by atoms with E-state index in [9.17, 15) is 0 Å². The Balaban J connectivity index is 1.76. The first-order valence-electron chi connectivity index (χ1n) is 7.70. The van der Waals surface area contributed by atoms with Gasteiger partial charge < -0.3 is 9.47 Å². The Morgan fingerprint density at radius 1 is 1.27 bits per heavy atom. The fraction of sp³-hybridized carbons (Fsp3) is 0.467. The van der Waals surface area contributed by atoms with Gasteiger partial charge in [-0.05, 0) is 6.42 Å². The molecule has 0 saturated heterocycles. The summed E-state index contributed by atoms with van der Waals surface area (Å²) in [6, 6.07) is 2.14. The normalized spacial score (nSPS) is 14.5. The fourth-order valence-corrected chi connectivity index (χ4v) is 3.11. The highest BCUT2D eigenvalue weighted by atomic mass is 15.4. The maximum atomic E-state index is 4.57. The van der Waals surface area contributed by atoms with Crippen LogP contribution in [0.15, 0.2) is 18.7 Å². The lowest BCUT2D eigenvalue weighted by molar-refractivity contribution is 0.663. The molecule has 0 spiro atoms. The zero-order chi connectivity index (χ0) is 15.1. The molecular weight excluding hydrogens is 278 g/mol. The number of hydrogen-bond donors (Lipinski definition) is 0. The average molecular weight is 297 g/mol. The number of hydrogen-bond acceptors (Lipinski definition) is 5. The highest BCUT2D eigenvalue weighted by Crippen LogP contribution is 2.24. The zero-order valence-corrected chi connectivity index (χ0v) is 12.9. The largest absolute Gasteiger partial charge is 0.350 e. The minimum atomic E-state index is 0.674. The Morgan fingerprint density at radius 2 is 2.18 bits per heavy atom. The van der Waals surface area contributed by atoms with Crippen molar-refractivity contribution in [3.8, 4) is 0 Å². The van der Waals surface area contributed by atoms with Crippen molar-refractivity contribution in [2.45, 2.75) is 32.7 Å². The molecule has 0 bridgehead atoms. The van der Waals surface area contributed by atoms with Crippen LogP contribution < -0.4 is 4.90 Å². The fourth-order valence-electron chi connectivity index (χ4n) is 3.11. The molecule has 114 valence electrons. The first-order valence-corrected chi connectivity index (χ1v) is 7.70. The lowest BCUT2D eigenvalue weighted by atomic mass is 10.1. The van der Waals surface area contributed by atoms with Crippen LogP contribution in [0, 0.1) is 0 Å². The highest BCUT2D eigenvalue weighted by molar-refractivity contribution is 5.49. The summed E-state index contributed by atoms with van der Waals surface area (Å²) >= 11 is 0. The first kappa shape index (κ1) is 13.2. The van der Waals surface area contributed by atoms with Crippen LogP contribution >= 0.6 is 0 Å². The molecular formula is C15H19N7. The Kier molecular flexibility index (Phi) is 3.06. The Labute approximate surface area is 128 Å². The molecule has 7 nitrogen and oxygen atoms in total. The Hall–Kier alpha value is -2.44. The number of fused-ring (bicyclic) bond motifs is 2. The standard InChI is InChI=1S/C15H19N7/c1-3-4-11-7-14(22-15(19-11)16-9-18-22)21-6-5-13-12(8-21)17-10-20(13)2/h7,9-10H,3-6,8H2,1-2H3.